The van der Waals surface area contributed by atoms with Gasteiger partial charge in [-0.05, 0) is 31.6 Å². The maximum atomic E-state index is 5.76. The Hall–Kier alpha value is -0.0400. The summed E-state index contributed by atoms with van der Waals surface area (Å²) in [4.78, 5) is 0. The van der Waals surface area contributed by atoms with Crippen molar-refractivity contribution in [1.82, 2.24) is 0 Å². The predicted molar refractivity (Wildman–Crippen MR) is 44.8 cm³/mol. The van der Waals surface area contributed by atoms with Crippen LogP contribution in [0.15, 0.2) is 0 Å². The zero-order chi connectivity index (χ0) is 7.61. The first kappa shape index (κ1) is 8.06. The molecule has 1 heteroatoms. The predicted octanol–water partition coefficient (Wildman–Crippen LogP) is 2.30. The Kier molecular flexibility index (Phi) is 2.35. The second-order valence-electron chi connectivity index (χ2n) is 4.20. The monoisotopic (exact) mass is 141 g/mol. The van der Waals surface area contributed by atoms with Gasteiger partial charge in [0.15, 0.2) is 0 Å². The van der Waals surface area contributed by atoms with Crippen LogP contribution in [-0.4, -0.2) is 6.04 Å². The first-order valence-corrected chi connectivity index (χ1v) is 4.38. The van der Waals surface area contributed by atoms with Gasteiger partial charge in [-0.15, -0.1) is 0 Å². The molecule has 0 aromatic rings. The molecule has 60 valence electrons. The van der Waals surface area contributed by atoms with Gasteiger partial charge in [-0.1, -0.05) is 19.8 Å². The zero-order valence-corrected chi connectivity index (χ0v) is 7.19. The molecule has 0 bridgehead atoms. The summed E-state index contributed by atoms with van der Waals surface area (Å²) in [6, 6.07) is 0.392. The minimum absolute atomic E-state index is 0.392. The summed E-state index contributed by atoms with van der Waals surface area (Å²) in [5, 5.41) is 0. The van der Waals surface area contributed by atoms with Crippen LogP contribution in [0.1, 0.15) is 46.0 Å². The first-order chi connectivity index (χ1) is 4.62. The molecule has 1 aliphatic rings. The van der Waals surface area contributed by atoms with Crippen molar-refractivity contribution >= 4 is 0 Å². The van der Waals surface area contributed by atoms with Crippen LogP contribution in [0.25, 0.3) is 0 Å². The maximum Gasteiger partial charge on any atom is 0.00156 e. The molecule has 10 heavy (non-hydrogen) atoms. The molecule has 1 rings (SSSR count). The van der Waals surface area contributed by atoms with Crippen molar-refractivity contribution in [1.29, 1.82) is 0 Å². The van der Waals surface area contributed by atoms with Gasteiger partial charge in [-0.3, -0.25) is 0 Å². The molecule has 0 heterocycles. The second kappa shape index (κ2) is 2.91. The summed E-state index contributed by atoms with van der Waals surface area (Å²) < 4.78 is 0. The molecule has 0 aromatic heterocycles. The van der Waals surface area contributed by atoms with Crippen LogP contribution < -0.4 is 5.73 Å². The molecule has 1 nitrogen and oxygen atoms in total. The first-order valence-electron chi connectivity index (χ1n) is 4.38. The summed E-state index contributed by atoms with van der Waals surface area (Å²) in [6.45, 7) is 4.49. The Morgan fingerprint density at radius 1 is 1.40 bits per heavy atom. The molecule has 0 saturated heterocycles. The van der Waals surface area contributed by atoms with Gasteiger partial charge >= 0.3 is 0 Å². The zero-order valence-electron chi connectivity index (χ0n) is 7.19. The molecule has 1 fully saturated rings. The van der Waals surface area contributed by atoms with Gasteiger partial charge in [0, 0.05) is 6.04 Å². The van der Waals surface area contributed by atoms with Crippen molar-refractivity contribution in [2.24, 2.45) is 11.1 Å². The van der Waals surface area contributed by atoms with Crippen molar-refractivity contribution in [3.05, 3.63) is 0 Å². The Bertz CT molecular complexity index is 101. The van der Waals surface area contributed by atoms with Crippen LogP contribution in [-0.2, 0) is 0 Å². The third-order valence-corrected chi connectivity index (χ3v) is 2.63. The second-order valence-corrected chi connectivity index (χ2v) is 4.20. The van der Waals surface area contributed by atoms with Crippen molar-refractivity contribution in [2.75, 3.05) is 0 Å². The molecule has 0 aromatic carbocycles. The van der Waals surface area contributed by atoms with E-state index < -0.39 is 0 Å². The summed E-state index contributed by atoms with van der Waals surface area (Å²) in [5.41, 5.74) is 6.35. The average molecular weight is 141 g/mol. The molecule has 0 spiro atoms. The molecule has 0 radical (unpaired) electrons. The number of hydrogen-bond donors (Lipinski definition) is 1. The lowest BCUT2D eigenvalue weighted by molar-refractivity contribution is 0.287. The number of nitrogens with two attached hydrogens (primary N) is 1. The normalized spacial score (nSPS) is 26.7. The van der Waals surface area contributed by atoms with Gasteiger partial charge in [0.1, 0.15) is 0 Å². The van der Waals surface area contributed by atoms with Gasteiger partial charge in [-0.2, -0.15) is 0 Å². The highest BCUT2D eigenvalue weighted by Crippen LogP contribution is 2.40. The lowest BCUT2D eigenvalue weighted by Gasteiger charge is -2.25. The number of rotatable bonds is 2. The Balaban J connectivity index is 2.36. The van der Waals surface area contributed by atoms with Crippen LogP contribution in [0.2, 0.25) is 0 Å². The van der Waals surface area contributed by atoms with Gasteiger partial charge in [-0.25, -0.2) is 0 Å². The van der Waals surface area contributed by atoms with Crippen LogP contribution in [0.3, 0.4) is 0 Å². The molecule has 0 aliphatic heterocycles. The van der Waals surface area contributed by atoms with E-state index in [0.29, 0.717) is 11.5 Å². The lowest BCUT2D eigenvalue weighted by atomic mass is 9.83. The Morgan fingerprint density at radius 3 is 2.30 bits per heavy atom. The third kappa shape index (κ3) is 1.98. The van der Waals surface area contributed by atoms with E-state index in [1.165, 1.54) is 32.1 Å². The van der Waals surface area contributed by atoms with E-state index in [-0.39, 0.29) is 0 Å². The fourth-order valence-electron chi connectivity index (χ4n) is 2.21. The topological polar surface area (TPSA) is 26.0 Å². The van der Waals surface area contributed by atoms with E-state index >= 15 is 0 Å². The van der Waals surface area contributed by atoms with E-state index in [9.17, 15) is 0 Å². The highest BCUT2D eigenvalue weighted by Gasteiger charge is 2.28. The quantitative estimate of drug-likeness (QED) is 0.627. The standard InChI is InChI=1S/C9H19N/c1-8(10)7-9(2)5-3-4-6-9/h8H,3-7,10H2,1-2H3. The lowest BCUT2D eigenvalue weighted by Crippen LogP contribution is -2.24. The van der Waals surface area contributed by atoms with Crippen molar-refractivity contribution in [2.45, 2.75) is 52.0 Å². The number of hydrogen-bond acceptors (Lipinski definition) is 1. The van der Waals surface area contributed by atoms with Crippen LogP contribution in [0, 0.1) is 5.41 Å². The summed E-state index contributed by atoms with van der Waals surface area (Å²) in [7, 11) is 0. The fourth-order valence-corrected chi connectivity index (χ4v) is 2.21. The molecule has 1 saturated carbocycles. The van der Waals surface area contributed by atoms with Gasteiger partial charge < -0.3 is 5.73 Å². The largest absolute Gasteiger partial charge is 0.328 e. The van der Waals surface area contributed by atoms with Gasteiger partial charge in [0.2, 0.25) is 0 Å². The van der Waals surface area contributed by atoms with E-state index in [1.807, 2.05) is 0 Å². The van der Waals surface area contributed by atoms with E-state index in [2.05, 4.69) is 13.8 Å². The molecule has 1 aliphatic carbocycles. The average Bonchev–Trinajstić information content (AvgIpc) is 2.12. The van der Waals surface area contributed by atoms with Crippen molar-refractivity contribution in [3.8, 4) is 0 Å². The SMILES string of the molecule is CC(N)CC1(C)CCCC1. The van der Waals surface area contributed by atoms with E-state index in [1.54, 1.807) is 0 Å². The smallest absolute Gasteiger partial charge is 0.00156 e. The van der Waals surface area contributed by atoms with Crippen molar-refractivity contribution < 1.29 is 0 Å². The molecule has 1 atom stereocenters. The highest BCUT2D eigenvalue weighted by atomic mass is 14.6. The van der Waals surface area contributed by atoms with Gasteiger partial charge in [0.05, 0.1) is 0 Å². The molecule has 0 amide bonds. The minimum Gasteiger partial charge on any atom is -0.328 e. The summed E-state index contributed by atoms with van der Waals surface area (Å²) >= 11 is 0. The third-order valence-electron chi connectivity index (χ3n) is 2.63. The summed E-state index contributed by atoms with van der Waals surface area (Å²) in [5.74, 6) is 0. The molecule has 1 unspecified atom stereocenters. The van der Waals surface area contributed by atoms with E-state index in [4.69, 9.17) is 5.73 Å². The summed E-state index contributed by atoms with van der Waals surface area (Å²) in [6.07, 6.45) is 6.85. The highest BCUT2D eigenvalue weighted by molar-refractivity contribution is 4.82. The fraction of sp³-hybridized carbons (Fsp3) is 1.00. The molecular formula is C9H19N. The Labute approximate surface area is 64.0 Å². The van der Waals surface area contributed by atoms with Crippen LogP contribution >= 0.6 is 0 Å². The van der Waals surface area contributed by atoms with Crippen LogP contribution in [0.5, 0.6) is 0 Å². The maximum absolute atomic E-state index is 5.76. The van der Waals surface area contributed by atoms with Crippen LogP contribution in [0.4, 0.5) is 0 Å². The molecular weight excluding hydrogens is 122 g/mol. The van der Waals surface area contributed by atoms with E-state index in [0.717, 1.165) is 0 Å². The van der Waals surface area contributed by atoms with Gasteiger partial charge in [0.25, 0.3) is 0 Å². The van der Waals surface area contributed by atoms with Crippen molar-refractivity contribution in [3.63, 3.8) is 0 Å². The Morgan fingerprint density at radius 2 is 1.90 bits per heavy atom. The minimum atomic E-state index is 0.392. The molecule has 2 N–H and O–H groups in total.